The van der Waals surface area contributed by atoms with E-state index in [1.54, 1.807) is 11.3 Å². The summed E-state index contributed by atoms with van der Waals surface area (Å²) in [6.07, 6.45) is 1.83. The highest BCUT2D eigenvalue weighted by atomic mass is 32.1. The second kappa shape index (κ2) is 7.65. The van der Waals surface area contributed by atoms with Gasteiger partial charge in [-0.3, -0.25) is 14.7 Å². The molecule has 1 fully saturated rings. The number of nitrogens with zero attached hydrogens (tertiary/aromatic N) is 4. The molecular formula is C19H20N4OS2. The van der Waals surface area contributed by atoms with Crippen molar-refractivity contribution in [3.63, 3.8) is 0 Å². The number of thiazole rings is 1. The third-order valence-corrected chi connectivity index (χ3v) is 6.41. The average molecular weight is 385 g/mol. The topological polar surface area (TPSA) is 49.3 Å². The number of piperazine rings is 1. The number of rotatable bonds is 4. The van der Waals surface area contributed by atoms with Crippen molar-refractivity contribution in [2.75, 3.05) is 26.2 Å². The minimum absolute atomic E-state index is 0.110. The maximum Gasteiger partial charge on any atom is 0.265 e. The summed E-state index contributed by atoms with van der Waals surface area (Å²) >= 11 is 3.15. The molecule has 7 heteroatoms. The van der Waals surface area contributed by atoms with Crippen molar-refractivity contribution in [3.05, 3.63) is 57.5 Å². The highest BCUT2D eigenvalue weighted by Crippen LogP contribution is 2.30. The molecule has 1 aliphatic rings. The van der Waals surface area contributed by atoms with Crippen LogP contribution in [-0.4, -0.2) is 51.9 Å². The average Bonchev–Trinajstić information content (AvgIpc) is 3.32. The van der Waals surface area contributed by atoms with Crippen molar-refractivity contribution in [3.8, 4) is 10.6 Å². The van der Waals surface area contributed by atoms with Gasteiger partial charge >= 0.3 is 0 Å². The molecule has 0 unspecified atom stereocenters. The van der Waals surface area contributed by atoms with Crippen LogP contribution in [0.1, 0.15) is 21.1 Å². The number of aromatic nitrogens is 2. The van der Waals surface area contributed by atoms with E-state index in [0.29, 0.717) is 0 Å². The number of hydrogen-bond acceptors (Lipinski definition) is 6. The van der Waals surface area contributed by atoms with Crippen LogP contribution in [0.15, 0.2) is 41.2 Å². The monoisotopic (exact) mass is 384 g/mol. The Morgan fingerprint density at radius 2 is 2.04 bits per heavy atom. The van der Waals surface area contributed by atoms with E-state index in [1.807, 2.05) is 47.7 Å². The number of carbonyl (C=O) groups is 1. The smallest absolute Gasteiger partial charge is 0.265 e. The highest BCUT2D eigenvalue weighted by molar-refractivity contribution is 7.17. The zero-order valence-electron chi connectivity index (χ0n) is 14.6. The molecule has 0 N–H and O–H groups in total. The molecule has 0 radical (unpaired) electrons. The standard InChI is InChI=1S/C19H20N4OS2/c1-14-17(26-18(21-14)15-5-11-25-13-15)19(24)23-9-7-22(8-10-23)12-16-4-2-3-6-20-16/h2-6,11,13H,7-10,12H2,1H3. The molecule has 3 aromatic heterocycles. The predicted octanol–water partition coefficient (Wildman–Crippen LogP) is 3.53. The van der Waals surface area contributed by atoms with E-state index in [2.05, 4.69) is 20.2 Å². The van der Waals surface area contributed by atoms with Gasteiger partial charge in [0.15, 0.2) is 0 Å². The van der Waals surface area contributed by atoms with Crippen LogP contribution in [0.2, 0.25) is 0 Å². The van der Waals surface area contributed by atoms with E-state index >= 15 is 0 Å². The van der Waals surface area contributed by atoms with Crippen molar-refractivity contribution in [1.29, 1.82) is 0 Å². The Bertz CT molecular complexity index is 868. The third-order valence-electron chi connectivity index (χ3n) is 4.53. The molecule has 5 nitrogen and oxygen atoms in total. The Morgan fingerprint density at radius 1 is 1.19 bits per heavy atom. The van der Waals surface area contributed by atoms with Crippen LogP contribution >= 0.6 is 22.7 Å². The Balaban J connectivity index is 1.39. The summed E-state index contributed by atoms with van der Waals surface area (Å²) in [4.78, 5) is 27.0. The highest BCUT2D eigenvalue weighted by Gasteiger charge is 2.25. The normalized spacial score (nSPS) is 15.3. The SMILES string of the molecule is Cc1nc(-c2ccsc2)sc1C(=O)N1CCN(Cc2ccccn2)CC1. The van der Waals surface area contributed by atoms with Gasteiger partial charge in [0, 0.05) is 49.9 Å². The molecular weight excluding hydrogens is 364 g/mol. The van der Waals surface area contributed by atoms with Gasteiger partial charge in [-0.2, -0.15) is 11.3 Å². The molecule has 3 aromatic rings. The number of carbonyl (C=O) groups excluding carboxylic acids is 1. The maximum absolute atomic E-state index is 12.9. The fourth-order valence-electron chi connectivity index (χ4n) is 3.08. The van der Waals surface area contributed by atoms with E-state index < -0.39 is 0 Å². The van der Waals surface area contributed by atoms with Gasteiger partial charge in [0.2, 0.25) is 0 Å². The van der Waals surface area contributed by atoms with Crippen molar-refractivity contribution < 1.29 is 4.79 Å². The molecule has 0 bridgehead atoms. The summed E-state index contributed by atoms with van der Waals surface area (Å²) in [5.74, 6) is 0.110. The quantitative estimate of drug-likeness (QED) is 0.690. The van der Waals surface area contributed by atoms with Gasteiger partial charge in [-0.1, -0.05) is 6.07 Å². The summed E-state index contributed by atoms with van der Waals surface area (Å²) in [6, 6.07) is 8.04. The molecule has 1 saturated heterocycles. The summed E-state index contributed by atoms with van der Waals surface area (Å²) in [5, 5.41) is 5.04. The van der Waals surface area contributed by atoms with Crippen LogP contribution in [0.3, 0.4) is 0 Å². The van der Waals surface area contributed by atoms with E-state index in [0.717, 1.165) is 59.6 Å². The van der Waals surface area contributed by atoms with E-state index in [1.165, 1.54) is 11.3 Å². The lowest BCUT2D eigenvalue weighted by molar-refractivity contribution is 0.0631. The Morgan fingerprint density at radius 3 is 2.73 bits per heavy atom. The largest absolute Gasteiger partial charge is 0.335 e. The van der Waals surface area contributed by atoms with Crippen molar-refractivity contribution in [2.24, 2.45) is 0 Å². The predicted molar refractivity (Wildman–Crippen MR) is 106 cm³/mol. The molecule has 0 spiro atoms. The fourth-order valence-corrected chi connectivity index (χ4v) is 4.82. The van der Waals surface area contributed by atoms with Crippen LogP contribution in [-0.2, 0) is 6.54 Å². The Hall–Kier alpha value is -2.09. The summed E-state index contributed by atoms with van der Waals surface area (Å²) < 4.78 is 0. The van der Waals surface area contributed by atoms with E-state index in [-0.39, 0.29) is 5.91 Å². The second-order valence-corrected chi connectivity index (χ2v) is 8.11. The van der Waals surface area contributed by atoms with Crippen LogP contribution in [0.5, 0.6) is 0 Å². The number of thiophene rings is 1. The first-order valence-corrected chi connectivity index (χ1v) is 10.4. The number of aryl methyl sites for hydroxylation is 1. The summed E-state index contributed by atoms with van der Waals surface area (Å²) in [7, 11) is 0. The molecule has 0 aliphatic carbocycles. The number of pyridine rings is 1. The molecule has 1 aliphatic heterocycles. The lowest BCUT2D eigenvalue weighted by Gasteiger charge is -2.34. The van der Waals surface area contributed by atoms with Crippen LogP contribution < -0.4 is 0 Å². The van der Waals surface area contributed by atoms with Crippen LogP contribution in [0.25, 0.3) is 10.6 Å². The fraction of sp³-hybridized carbons (Fsp3) is 0.316. The first-order chi connectivity index (χ1) is 12.7. The van der Waals surface area contributed by atoms with Gasteiger partial charge in [0.05, 0.1) is 11.4 Å². The van der Waals surface area contributed by atoms with Gasteiger partial charge < -0.3 is 4.90 Å². The molecule has 0 saturated carbocycles. The zero-order valence-corrected chi connectivity index (χ0v) is 16.2. The van der Waals surface area contributed by atoms with E-state index in [9.17, 15) is 4.79 Å². The molecule has 4 heterocycles. The van der Waals surface area contributed by atoms with E-state index in [4.69, 9.17) is 0 Å². The van der Waals surface area contributed by atoms with Crippen molar-refractivity contribution >= 4 is 28.6 Å². The molecule has 4 rings (SSSR count). The number of amides is 1. The van der Waals surface area contributed by atoms with Gasteiger partial charge in [0.25, 0.3) is 5.91 Å². The minimum Gasteiger partial charge on any atom is -0.335 e. The zero-order chi connectivity index (χ0) is 17.9. The summed E-state index contributed by atoms with van der Waals surface area (Å²) in [6.45, 7) is 6.00. The molecule has 0 atom stereocenters. The molecule has 26 heavy (non-hydrogen) atoms. The van der Waals surface area contributed by atoms with Gasteiger partial charge in [-0.15, -0.1) is 11.3 Å². The Labute approximate surface area is 160 Å². The minimum atomic E-state index is 0.110. The third kappa shape index (κ3) is 3.70. The molecule has 134 valence electrons. The van der Waals surface area contributed by atoms with Crippen LogP contribution in [0.4, 0.5) is 0 Å². The van der Waals surface area contributed by atoms with Crippen LogP contribution in [0, 0.1) is 6.92 Å². The summed E-state index contributed by atoms with van der Waals surface area (Å²) in [5.41, 5.74) is 3.01. The Kier molecular flexibility index (Phi) is 5.10. The first kappa shape index (κ1) is 17.3. The molecule has 1 amide bonds. The maximum atomic E-state index is 12.9. The van der Waals surface area contributed by atoms with Gasteiger partial charge in [0.1, 0.15) is 9.88 Å². The lowest BCUT2D eigenvalue weighted by Crippen LogP contribution is -2.48. The number of hydrogen-bond donors (Lipinski definition) is 0. The van der Waals surface area contributed by atoms with Crippen molar-refractivity contribution in [2.45, 2.75) is 13.5 Å². The van der Waals surface area contributed by atoms with Gasteiger partial charge in [-0.05, 0) is 30.5 Å². The van der Waals surface area contributed by atoms with Crippen molar-refractivity contribution in [1.82, 2.24) is 19.8 Å². The molecule has 0 aromatic carbocycles. The lowest BCUT2D eigenvalue weighted by atomic mass is 10.2. The van der Waals surface area contributed by atoms with Gasteiger partial charge in [-0.25, -0.2) is 4.98 Å². The first-order valence-electron chi connectivity index (χ1n) is 8.62. The second-order valence-electron chi connectivity index (χ2n) is 6.34.